The second kappa shape index (κ2) is 20.3. The van der Waals surface area contributed by atoms with Crippen molar-refractivity contribution in [1.29, 1.82) is 0 Å². The van der Waals surface area contributed by atoms with Crippen molar-refractivity contribution in [2.75, 3.05) is 6.54 Å². The van der Waals surface area contributed by atoms with Gasteiger partial charge in [0.25, 0.3) is 0 Å². The maximum Gasteiger partial charge on any atom is 0.243 e. The number of carbonyl (C=O) groups is 6. The van der Waals surface area contributed by atoms with Crippen LogP contribution in [0.2, 0.25) is 0 Å². The Bertz CT molecular complexity index is 1190. The summed E-state index contributed by atoms with van der Waals surface area (Å²) >= 11 is 0. The Labute approximate surface area is 279 Å². The molecule has 1 aliphatic rings. The molecule has 1 fully saturated rings. The largest absolute Gasteiger partial charge is 0.354 e. The third-order valence-corrected chi connectivity index (χ3v) is 7.99. The first-order valence-electron chi connectivity index (χ1n) is 17.1. The molecule has 0 unspecified atom stereocenters. The highest BCUT2D eigenvalue weighted by molar-refractivity contribution is 5.96. The Hall–Kier alpha value is -3.96. The maximum atomic E-state index is 13.8. The van der Waals surface area contributed by atoms with Gasteiger partial charge in [-0.15, -0.1) is 0 Å². The van der Waals surface area contributed by atoms with E-state index in [1.165, 1.54) is 6.92 Å². The smallest absolute Gasteiger partial charge is 0.243 e. The van der Waals surface area contributed by atoms with Crippen LogP contribution >= 0.6 is 0 Å². The summed E-state index contributed by atoms with van der Waals surface area (Å²) in [6.07, 6.45) is 4.68. The van der Waals surface area contributed by atoms with E-state index in [2.05, 4.69) is 38.8 Å². The van der Waals surface area contributed by atoms with E-state index in [4.69, 9.17) is 0 Å². The molecule has 6 amide bonds. The van der Waals surface area contributed by atoms with Gasteiger partial charge < -0.3 is 31.9 Å². The van der Waals surface area contributed by atoms with Gasteiger partial charge in [0.15, 0.2) is 0 Å². The van der Waals surface area contributed by atoms with Gasteiger partial charge in [-0.1, -0.05) is 84.2 Å². The van der Waals surface area contributed by atoms with E-state index in [9.17, 15) is 28.8 Å². The standard InChI is InChI=1S/C35H56N6O6/c1-7-8-9-13-16-30(42)38-26-17-18-36-32(44)27(19-22(2)3)39-31(43)24(6)37-34(46)28(20-23(4)5)40-35(47)29(41-33(26)45)21-25-14-11-10-12-15-25/h10-12,14-15,22-24,26-29H,7-9,13,16-21H2,1-6H3,(H,36,44)(H,37,46)(H,38,42)(H,39,43)(H,40,47)(H,41,45)/t24-,26-,27-,28-,29-/m0/s1. The Morgan fingerprint density at radius 2 is 1.32 bits per heavy atom. The van der Waals surface area contributed by atoms with Crippen LogP contribution in [-0.2, 0) is 35.2 Å². The van der Waals surface area contributed by atoms with Crippen LogP contribution in [0, 0.1) is 11.8 Å². The van der Waals surface area contributed by atoms with Crippen LogP contribution in [0.4, 0.5) is 0 Å². The normalized spacial score (nSPS) is 23.7. The molecule has 6 N–H and O–H groups in total. The summed E-state index contributed by atoms with van der Waals surface area (Å²) < 4.78 is 0. The van der Waals surface area contributed by atoms with E-state index in [-0.39, 0.29) is 50.0 Å². The molecule has 0 spiro atoms. The summed E-state index contributed by atoms with van der Waals surface area (Å²) in [5.74, 6) is -2.88. The fraction of sp³-hybridized carbons (Fsp3) is 0.657. The van der Waals surface area contributed by atoms with Crippen molar-refractivity contribution in [2.45, 2.75) is 130 Å². The third kappa shape index (κ3) is 14.6. The fourth-order valence-corrected chi connectivity index (χ4v) is 5.40. The van der Waals surface area contributed by atoms with Gasteiger partial charge >= 0.3 is 0 Å². The van der Waals surface area contributed by atoms with Crippen LogP contribution < -0.4 is 31.9 Å². The first kappa shape index (κ1) is 39.2. The molecule has 0 aromatic heterocycles. The van der Waals surface area contributed by atoms with Gasteiger partial charge in [0, 0.05) is 19.4 Å². The van der Waals surface area contributed by atoms with Crippen molar-refractivity contribution in [2.24, 2.45) is 11.8 Å². The molecule has 0 radical (unpaired) electrons. The molecule has 12 nitrogen and oxygen atoms in total. The zero-order chi connectivity index (χ0) is 34.9. The Kier molecular flexibility index (Phi) is 17.0. The molecule has 1 aromatic carbocycles. The summed E-state index contributed by atoms with van der Waals surface area (Å²) in [5, 5.41) is 16.6. The van der Waals surface area contributed by atoms with Crippen LogP contribution in [0.25, 0.3) is 0 Å². The van der Waals surface area contributed by atoms with Crippen LogP contribution in [0.5, 0.6) is 0 Å². The summed E-state index contributed by atoms with van der Waals surface area (Å²) in [7, 11) is 0. The zero-order valence-electron chi connectivity index (χ0n) is 28.9. The average molecular weight is 657 g/mol. The van der Waals surface area contributed by atoms with E-state index < -0.39 is 59.7 Å². The second-order valence-corrected chi connectivity index (χ2v) is 13.4. The summed E-state index contributed by atoms with van der Waals surface area (Å²) in [4.78, 5) is 80.3. The van der Waals surface area contributed by atoms with E-state index in [1.807, 2.05) is 58.0 Å². The Morgan fingerprint density at radius 1 is 0.745 bits per heavy atom. The molecule has 0 saturated carbocycles. The number of unbranched alkanes of at least 4 members (excludes halogenated alkanes) is 3. The van der Waals surface area contributed by atoms with Crippen LogP contribution in [-0.4, -0.2) is 72.2 Å². The number of benzene rings is 1. The highest BCUT2D eigenvalue weighted by Gasteiger charge is 2.32. The highest BCUT2D eigenvalue weighted by atomic mass is 16.2. The van der Waals surface area contributed by atoms with Crippen molar-refractivity contribution < 1.29 is 28.8 Å². The van der Waals surface area contributed by atoms with E-state index in [0.717, 1.165) is 24.8 Å². The second-order valence-electron chi connectivity index (χ2n) is 13.4. The van der Waals surface area contributed by atoms with Gasteiger partial charge in [-0.25, -0.2) is 0 Å². The van der Waals surface area contributed by atoms with Gasteiger partial charge in [-0.2, -0.15) is 0 Å². The summed E-state index contributed by atoms with van der Waals surface area (Å²) in [6.45, 7) is 11.3. The SMILES string of the molecule is CCCCCCC(=O)N[C@H]1CCNC(=O)[C@H](CC(C)C)NC(=O)[C@H](C)NC(=O)[C@H](CC(C)C)NC(=O)[C@H](Cc2ccccc2)NC1=O. The van der Waals surface area contributed by atoms with E-state index >= 15 is 0 Å². The molecule has 1 saturated heterocycles. The molecule has 1 aliphatic heterocycles. The molecule has 12 heteroatoms. The maximum absolute atomic E-state index is 13.8. The fourth-order valence-electron chi connectivity index (χ4n) is 5.40. The van der Waals surface area contributed by atoms with Gasteiger partial charge in [-0.05, 0) is 50.0 Å². The zero-order valence-corrected chi connectivity index (χ0v) is 28.9. The van der Waals surface area contributed by atoms with Crippen LogP contribution in [0.1, 0.15) is 98.5 Å². The van der Waals surface area contributed by atoms with Gasteiger partial charge in [0.05, 0.1) is 0 Å². The molecule has 1 heterocycles. The minimum atomic E-state index is -1.07. The number of rotatable bonds is 12. The van der Waals surface area contributed by atoms with Gasteiger partial charge in [0.2, 0.25) is 35.4 Å². The molecule has 1 aromatic rings. The van der Waals surface area contributed by atoms with Crippen LogP contribution in [0.15, 0.2) is 30.3 Å². The molecular formula is C35H56N6O6. The molecule has 0 aliphatic carbocycles. The topological polar surface area (TPSA) is 175 Å². The average Bonchev–Trinajstić information content (AvgIpc) is 3.01. The van der Waals surface area contributed by atoms with Crippen molar-refractivity contribution in [3.05, 3.63) is 35.9 Å². The Morgan fingerprint density at radius 3 is 1.94 bits per heavy atom. The monoisotopic (exact) mass is 656 g/mol. The molecule has 2 rings (SSSR count). The third-order valence-electron chi connectivity index (χ3n) is 7.99. The quantitative estimate of drug-likeness (QED) is 0.188. The van der Waals surface area contributed by atoms with E-state index in [1.54, 1.807) is 0 Å². The lowest BCUT2D eigenvalue weighted by Gasteiger charge is -2.27. The predicted molar refractivity (Wildman–Crippen MR) is 181 cm³/mol. The van der Waals surface area contributed by atoms with Crippen molar-refractivity contribution in [3.8, 4) is 0 Å². The molecule has 47 heavy (non-hydrogen) atoms. The lowest BCUT2D eigenvalue weighted by Crippen LogP contribution is -2.59. The summed E-state index contributed by atoms with van der Waals surface area (Å²) in [5.41, 5.74) is 0.786. The lowest BCUT2D eigenvalue weighted by atomic mass is 10.0. The predicted octanol–water partition coefficient (Wildman–Crippen LogP) is 2.26. The number of amides is 6. The number of carbonyl (C=O) groups excluding carboxylic acids is 6. The van der Waals surface area contributed by atoms with Crippen molar-refractivity contribution in [3.63, 3.8) is 0 Å². The van der Waals surface area contributed by atoms with Gasteiger partial charge in [-0.3, -0.25) is 28.8 Å². The van der Waals surface area contributed by atoms with Crippen molar-refractivity contribution >= 4 is 35.4 Å². The van der Waals surface area contributed by atoms with Crippen molar-refractivity contribution in [1.82, 2.24) is 31.9 Å². The number of hydrogen-bond acceptors (Lipinski definition) is 6. The van der Waals surface area contributed by atoms with Gasteiger partial charge in [0.1, 0.15) is 30.2 Å². The minimum Gasteiger partial charge on any atom is -0.354 e. The van der Waals surface area contributed by atoms with E-state index in [0.29, 0.717) is 12.8 Å². The lowest BCUT2D eigenvalue weighted by molar-refractivity contribution is -0.135. The number of nitrogens with one attached hydrogen (secondary N) is 6. The number of hydrogen-bond donors (Lipinski definition) is 6. The highest BCUT2D eigenvalue weighted by Crippen LogP contribution is 2.11. The summed E-state index contributed by atoms with van der Waals surface area (Å²) in [6, 6.07) is 4.20. The molecular weight excluding hydrogens is 600 g/mol. The molecule has 5 atom stereocenters. The Balaban J connectivity index is 2.46. The minimum absolute atomic E-state index is 0.0162. The first-order valence-corrected chi connectivity index (χ1v) is 17.1. The van der Waals surface area contributed by atoms with Crippen LogP contribution in [0.3, 0.4) is 0 Å². The molecule has 0 bridgehead atoms. The first-order chi connectivity index (χ1) is 22.3. The molecule has 262 valence electrons.